The highest BCUT2D eigenvalue weighted by Crippen LogP contribution is 2.28. The normalized spacial score (nSPS) is 15.8. The van der Waals surface area contributed by atoms with Gasteiger partial charge in [-0.3, -0.25) is 4.79 Å². The minimum absolute atomic E-state index is 0.130. The number of unbranched alkanes of at least 4 members (excludes halogenated alkanes) is 1. The zero-order valence-electron chi connectivity index (χ0n) is 11.6. The first-order valence-electron chi connectivity index (χ1n) is 6.73. The summed E-state index contributed by atoms with van der Waals surface area (Å²) in [7, 11) is 1.65. The zero-order chi connectivity index (χ0) is 13.7. The van der Waals surface area contributed by atoms with Crippen molar-refractivity contribution >= 4 is 11.4 Å². The minimum atomic E-state index is 0.130. The third-order valence-corrected chi connectivity index (χ3v) is 3.40. The van der Waals surface area contributed by atoms with Gasteiger partial charge in [0.2, 0.25) is 0 Å². The molecule has 3 heteroatoms. The molecule has 1 heterocycles. The molecule has 0 atom stereocenters. The number of ether oxygens (including phenoxy) is 2. The molecule has 0 amide bonds. The molecule has 19 heavy (non-hydrogen) atoms. The van der Waals surface area contributed by atoms with E-state index in [0.29, 0.717) is 6.61 Å². The molecule has 0 aromatic heterocycles. The molecular formula is C16H20O3. The van der Waals surface area contributed by atoms with Gasteiger partial charge in [0.15, 0.2) is 5.78 Å². The summed E-state index contributed by atoms with van der Waals surface area (Å²) in [5.74, 6) is 0.952. The summed E-state index contributed by atoms with van der Waals surface area (Å²) in [5.41, 5.74) is 3.03. The lowest BCUT2D eigenvalue weighted by Gasteiger charge is -2.20. The number of ketones is 1. The van der Waals surface area contributed by atoms with Crippen molar-refractivity contribution in [2.45, 2.75) is 26.2 Å². The van der Waals surface area contributed by atoms with E-state index in [1.165, 1.54) is 0 Å². The van der Waals surface area contributed by atoms with E-state index in [9.17, 15) is 4.79 Å². The first-order valence-corrected chi connectivity index (χ1v) is 6.73. The summed E-state index contributed by atoms with van der Waals surface area (Å²) in [6.45, 7) is 2.88. The number of benzene rings is 1. The van der Waals surface area contributed by atoms with Crippen molar-refractivity contribution in [3.05, 3.63) is 35.4 Å². The van der Waals surface area contributed by atoms with E-state index >= 15 is 0 Å². The van der Waals surface area contributed by atoms with Crippen LogP contribution in [0.1, 0.15) is 31.7 Å². The number of hydrogen-bond acceptors (Lipinski definition) is 3. The second-order valence-electron chi connectivity index (χ2n) is 4.71. The summed E-state index contributed by atoms with van der Waals surface area (Å²) in [4.78, 5) is 12.0. The van der Waals surface area contributed by atoms with Crippen molar-refractivity contribution in [1.82, 2.24) is 0 Å². The molecule has 1 aromatic carbocycles. The summed E-state index contributed by atoms with van der Waals surface area (Å²) in [5, 5.41) is 0. The van der Waals surface area contributed by atoms with Crippen molar-refractivity contribution in [1.29, 1.82) is 0 Å². The van der Waals surface area contributed by atoms with Gasteiger partial charge in [0.05, 0.1) is 13.7 Å². The zero-order valence-corrected chi connectivity index (χ0v) is 11.6. The second kappa shape index (κ2) is 6.53. The summed E-state index contributed by atoms with van der Waals surface area (Å²) >= 11 is 0. The quantitative estimate of drug-likeness (QED) is 0.815. The summed E-state index contributed by atoms with van der Waals surface area (Å²) < 4.78 is 10.5. The van der Waals surface area contributed by atoms with Crippen LogP contribution in [0, 0.1) is 0 Å². The Hall–Kier alpha value is -1.61. The molecule has 0 radical (unpaired) electrons. The van der Waals surface area contributed by atoms with E-state index in [-0.39, 0.29) is 12.4 Å². The van der Waals surface area contributed by atoms with Crippen LogP contribution in [0.2, 0.25) is 0 Å². The summed E-state index contributed by atoms with van der Waals surface area (Å²) in [6.07, 6.45) is 2.98. The fraction of sp³-hybridized carbons (Fsp3) is 0.438. The van der Waals surface area contributed by atoms with Gasteiger partial charge >= 0.3 is 0 Å². The minimum Gasteiger partial charge on any atom is -0.497 e. The Labute approximate surface area is 114 Å². The number of rotatable bonds is 5. The van der Waals surface area contributed by atoms with Gasteiger partial charge in [-0.15, -0.1) is 0 Å². The van der Waals surface area contributed by atoms with E-state index in [1.807, 2.05) is 24.3 Å². The first-order chi connectivity index (χ1) is 9.26. The van der Waals surface area contributed by atoms with Crippen molar-refractivity contribution in [2.75, 3.05) is 20.3 Å². The molecule has 3 nitrogen and oxygen atoms in total. The molecule has 0 spiro atoms. The van der Waals surface area contributed by atoms with Crippen LogP contribution in [0.3, 0.4) is 0 Å². The van der Waals surface area contributed by atoms with Gasteiger partial charge in [0.1, 0.15) is 12.4 Å². The van der Waals surface area contributed by atoms with Crippen LogP contribution in [0.5, 0.6) is 5.75 Å². The van der Waals surface area contributed by atoms with E-state index in [1.54, 1.807) is 7.11 Å². The molecular weight excluding hydrogens is 240 g/mol. The number of carbonyl (C=O) groups excluding carboxylic acids is 1. The van der Waals surface area contributed by atoms with E-state index in [4.69, 9.17) is 9.47 Å². The molecule has 0 N–H and O–H groups in total. The van der Waals surface area contributed by atoms with Gasteiger partial charge in [-0.1, -0.05) is 25.5 Å². The van der Waals surface area contributed by atoms with Gasteiger partial charge < -0.3 is 9.47 Å². The van der Waals surface area contributed by atoms with Gasteiger partial charge in [0.25, 0.3) is 0 Å². The highest BCUT2D eigenvalue weighted by molar-refractivity contribution is 6.04. The Bertz CT molecular complexity index is 471. The molecule has 0 saturated heterocycles. The van der Waals surface area contributed by atoms with Gasteiger partial charge in [-0.05, 0) is 36.1 Å². The molecule has 1 aliphatic heterocycles. The number of Topliss-reactive ketones (excluding diaryl/α,β-unsaturated/α-hetero) is 1. The maximum atomic E-state index is 12.0. The maximum absolute atomic E-state index is 12.0. The van der Waals surface area contributed by atoms with E-state index in [0.717, 1.165) is 41.7 Å². The average molecular weight is 260 g/mol. The second-order valence-corrected chi connectivity index (χ2v) is 4.71. The van der Waals surface area contributed by atoms with Gasteiger partial charge in [-0.25, -0.2) is 0 Å². The topological polar surface area (TPSA) is 35.5 Å². The largest absolute Gasteiger partial charge is 0.497 e. The average Bonchev–Trinajstić information content (AvgIpc) is 2.46. The Morgan fingerprint density at radius 3 is 2.58 bits per heavy atom. The molecule has 0 unspecified atom stereocenters. The van der Waals surface area contributed by atoms with Crippen LogP contribution in [0.25, 0.3) is 5.57 Å². The predicted molar refractivity (Wildman–Crippen MR) is 75.3 cm³/mol. The third kappa shape index (κ3) is 3.24. The van der Waals surface area contributed by atoms with E-state index in [2.05, 4.69) is 6.92 Å². The lowest BCUT2D eigenvalue weighted by atomic mass is 9.92. The Balaban J connectivity index is 2.32. The smallest absolute Gasteiger partial charge is 0.184 e. The van der Waals surface area contributed by atoms with Gasteiger partial charge in [0, 0.05) is 5.57 Å². The fourth-order valence-electron chi connectivity index (χ4n) is 2.28. The van der Waals surface area contributed by atoms with Crippen LogP contribution >= 0.6 is 0 Å². The number of methoxy groups -OCH3 is 1. The molecule has 102 valence electrons. The standard InChI is InChI=1S/C16H20O3/c1-3-4-5-14-15(10-19-11-16(14)17)12-6-8-13(18-2)9-7-12/h6-9H,3-5,10-11H2,1-2H3. The Kier molecular flexibility index (Phi) is 4.74. The van der Waals surface area contributed by atoms with Crippen LogP contribution < -0.4 is 4.74 Å². The van der Waals surface area contributed by atoms with Crippen molar-refractivity contribution < 1.29 is 14.3 Å². The first kappa shape index (κ1) is 13.8. The highest BCUT2D eigenvalue weighted by Gasteiger charge is 2.21. The molecule has 0 fully saturated rings. The molecule has 0 bridgehead atoms. The Morgan fingerprint density at radius 1 is 1.21 bits per heavy atom. The number of hydrogen-bond donors (Lipinski definition) is 0. The monoisotopic (exact) mass is 260 g/mol. The van der Waals surface area contributed by atoms with Crippen molar-refractivity contribution in [3.8, 4) is 5.75 Å². The van der Waals surface area contributed by atoms with Crippen molar-refractivity contribution in [2.24, 2.45) is 0 Å². The van der Waals surface area contributed by atoms with Crippen LogP contribution in [0.15, 0.2) is 29.8 Å². The SMILES string of the molecule is CCCCC1=C(c2ccc(OC)cc2)COCC1=O. The lowest BCUT2D eigenvalue weighted by molar-refractivity contribution is -0.120. The maximum Gasteiger partial charge on any atom is 0.184 e. The molecule has 0 saturated carbocycles. The van der Waals surface area contributed by atoms with Crippen molar-refractivity contribution in [3.63, 3.8) is 0 Å². The molecule has 1 aliphatic rings. The molecule has 1 aromatic rings. The predicted octanol–water partition coefficient (Wildman–Crippen LogP) is 3.24. The fourth-order valence-corrected chi connectivity index (χ4v) is 2.28. The summed E-state index contributed by atoms with van der Waals surface area (Å²) in [6, 6.07) is 7.81. The van der Waals surface area contributed by atoms with Gasteiger partial charge in [-0.2, -0.15) is 0 Å². The lowest BCUT2D eigenvalue weighted by Crippen LogP contribution is -2.21. The van der Waals surface area contributed by atoms with Crippen LogP contribution in [-0.4, -0.2) is 26.1 Å². The highest BCUT2D eigenvalue weighted by atomic mass is 16.5. The van der Waals surface area contributed by atoms with Crippen LogP contribution in [0.4, 0.5) is 0 Å². The van der Waals surface area contributed by atoms with Crippen LogP contribution in [-0.2, 0) is 9.53 Å². The van der Waals surface area contributed by atoms with E-state index < -0.39 is 0 Å². The molecule has 2 rings (SSSR count). The Morgan fingerprint density at radius 2 is 1.95 bits per heavy atom. The number of carbonyl (C=O) groups is 1. The molecule has 0 aliphatic carbocycles. The third-order valence-electron chi connectivity index (χ3n) is 3.40.